The Labute approximate surface area is 78.4 Å². The molecule has 1 aromatic carbocycles. The van der Waals surface area contributed by atoms with Gasteiger partial charge in [0.15, 0.2) is 0 Å². The molecule has 2 rings (SSSR count). The van der Waals surface area contributed by atoms with Crippen LogP contribution >= 0.6 is 0 Å². The van der Waals surface area contributed by atoms with E-state index in [0.717, 1.165) is 0 Å². The normalized spacial score (nSPS) is 13.0. The SMILES string of the molecule is O=C(O)Cc1cccc2c1=NC(=O)[N+]=2. The number of carboxylic acids is 1. The number of carboxylic acid groups (broad SMARTS) is 1. The fourth-order valence-corrected chi connectivity index (χ4v) is 1.33. The van der Waals surface area contributed by atoms with Gasteiger partial charge in [-0.2, -0.15) is 4.79 Å². The van der Waals surface area contributed by atoms with Crippen LogP contribution in [0.15, 0.2) is 23.2 Å². The minimum Gasteiger partial charge on any atom is -0.481 e. The Kier molecular flexibility index (Phi) is 1.85. The van der Waals surface area contributed by atoms with Gasteiger partial charge in [0.1, 0.15) is 0 Å². The zero-order valence-electron chi connectivity index (χ0n) is 7.10. The molecular formula is C9H6N2O3+. The van der Waals surface area contributed by atoms with Gasteiger partial charge in [0.25, 0.3) is 0 Å². The van der Waals surface area contributed by atoms with Gasteiger partial charge in [0.05, 0.1) is 6.42 Å². The number of fused-ring (bicyclic) bond motifs is 1. The number of urea groups is 1. The monoisotopic (exact) mass is 190 g/mol. The van der Waals surface area contributed by atoms with Crippen LogP contribution in [-0.4, -0.2) is 17.1 Å². The quantitative estimate of drug-likeness (QED) is 0.651. The van der Waals surface area contributed by atoms with E-state index in [1.807, 2.05) is 0 Å². The van der Waals surface area contributed by atoms with Crippen molar-refractivity contribution in [1.82, 2.24) is 4.99 Å². The summed E-state index contributed by atoms with van der Waals surface area (Å²) in [6, 6.07) is 4.35. The van der Waals surface area contributed by atoms with Gasteiger partial charge < -0.3 is 5.11 Å². The first-order chi connectivity index (χ1) is 6.66. The van der Waals surface area contributed by atoms with Crippen LogP contribution in [0.1, 0.15) is 5.56 Å². The predicted octanol–water partition coefficient (Wildman–Crippen LogP) is -0.978. The number of hydrogen-bond acceptors (Lipinski definition) is 2. The molecule has 0 saturated heterocycles. The van der Waals surface area contributed by atoms with Gasteiger partial charge in [-0.3, -0.25) is 4.79 Å². The molecule has 0 bridgehead atoms. The highest BCUT2D eigenvalue weighted by molar-refractivity contribution is 5.76. The maximum atomic E-state index is 10.9. The smallest absolute Gasteiger partial charge is 0.481 e. The van der Waals surface area contributed by atoms with Crippen LogP contribution in [0, 0.1) is 0 Å². The third kappa shape index (κ3) is 1.39. The van der Waals surface area contributed by atoms with E-state index in [-0.39, 0.29) is 6.42 Å². The van der Waals surface area contributed by atoms with Crippen LogP contribution in [0.2, 0.25) is 0 Å². The summed E-state index contributed by atoms with van der Waals surface area (Å²) in [5, 5.41) is 9.45. The van der Waals surface area contributed by atoms with E-state index in [4.69, 9.17) is 5.11 Å². The molecule has 1 radical (unpaired) electrons. The van der Waals surface area contributed by atoms with Gasteiger partial charge in [-0.25, -0.2) is 0 Å². The van der Waals surface area contributed by atoms with Crippen LogP contribution < -0.4 is 15.7 Å². The molecule has 0 atom stereocenters. The molecule has 69 valence electrons. The van der Waals surface area contributed by atoms with Gasteiger partial charge >= 0.3 is 12.0 Å². The lowest BCUT2D eigenvalue weighted by molar-refractivity contribution is -0.136. The maximum absolute atomic E-state index is 10.9. The van der Waals surface area contributed by atoms with Crippen molar-refractivity contribution in [3.8, 4) is 0 Å². The average molecular weight is 190 g/mol. The lowest BCUT2D eigenvalue weighted by atomic mass is 10.1. The third-order valence-corrected chi connectivity index (χ3v) is 1.86. The Hall–Kier alpha value is -2.04. The molecule has 1 aromatic rings. The fraction of sp³-hybridized carbons (Fsp3) is 0.111. The van der Waals surface area contributed by atoms with E-state index in [9.17, 15) is 9.59 Å². The van der Waals surface area contributed by atoms with E-state index in [0.29, 0.717) is 16.3 Å². The van der Waals surface area contributed by atoms with Crippen LogP contribution in [0.5, 0.6) is 0 Å². The topological polar surface area (TPSA) is 80.8 Å². The molecule has 0 fully saturated rings. The summed E-state index contributed by atoms with van der Waals surface area (Å²) in [5.41, 5.74) is 0.518. The van der Waals surface area contributed by atoms with Crippen molar-refractivity contribution in [3.63, 3.8) is 0 Å². The molecule has 5 nitrogen and oxygen atoms in total. The molecular weight excluding hydrogens is 184 g/mol. The van der Waals surface area contributed by atoms with E-state index in [2.05, 4.69) is 9.98 Å². The van der Waals surface area contributed by atoms with Crippen molar-refractivity contribution in [2.45, 2.75) is 6.42 Å². The molecule has 1 aliphatic heterocycles. The number of benzene rings is 1. The van der Waals surface area contributed by atoms with Crippen molar-refractivity contribution in [2.24, 2.45) is 4.99 Å². The Morgan fingerprint density at radius 2 is 2.29 bits per heavy atom. The molecule has 2 amide bonds. The molecule has 5 heteroatoms. The number of hydrogen-bond donors (Lipinski definition) is 1. The first-order valence-corrected chi connectivity index (χ1v) is 3.98. The zero-order valence-corrected chi connectivity index (χ0v) is 7.10. The molecule has 1 N–H and O–H groups in total. The number of carbonyl (C=O) groups excluding carboxylic acids is 1. The second-order valence-electron chi connectivity index (χ2n) is 2.86. The summed E-state index contributed by atoms with van der Waals surface area (Å²) in [4.78, 5) is 28.6. The molecule has 0 aromatic heterocycles. The number of para-hydroxylation sites is 1. The predicted molar refractivity (Wildman–Crippen MR) is 45.2 cm³/mol. The molecule has 0 aliphatic carbocycles. The molecule has 0 unspecified atom stereocenters. The Morgan fingerprint density at radius 3 is 3.00 bits per heavy atom. The van der Waals surface area contributed by atoms with Gasteiger partial charge in [0.2, 0.25) is 10.7 Å². The molecule has 0 spiro atoms. The molecule has 1 heterocycles. The summed E-state index contributed by atoms with van der Waals surface area (Å²) in [6.07, 6.45) is -0.143. The lowest BCUT2D eigenvalue weighted by Gasteiger charge is -1.90. The lowest BCUT2D eigenvalue weighted by Crippen LogP contribution is -2.29. The number of carbonyl (C=O) groups is 2. The highest BCUT2D eigenvalue weighted by Crippen LogP contribution is 1.92. The van der Waals surface area contributed by atoms with Crippen LogP contribution in [0.3, 0.4) is 0 Å². The van der Waals surface area contributed by atoms with Crippen LogP contribution in [0.4, 0.5) is 4.79 Å². The minimum absolute atomic E-state index is 0.143. The van der Waals surface area contributed by atoms with Crippen molar-refractivity contribution >= 4 is 12.0 Å². The summed E-state index contributed by atoms with van der Waals surface area (Å²) in [6.45, 7) is 0. The second-order valence-corrected chi connectivity index (χ2v) is 2.86. The van der Waals surface area contributed by atoms with Crippen molar-refractivity contribution in [1.29, 1.82) is 0 Å². The van der Waals surface area contributed by atoms with Crippen molar-refractivity contribution in [3.05, 3.63) is 34.5 Å². The molecule has 1 aliphatic rings. The maximum Gasteiger partial charge on any atom is 0.583 e. The highest BCUT2D eigenvalue weighted by atomic mass is 16.4. The van der Waals surface area contributed by atoms with E-state index >= 15 is 0 Å². The summed E-state index contributed by atoms with van der Waals surface area (Å²) in [5.74, 6) is -0.951. The number of amides is 2. The molecule has 14 heavy (non-hydrogen) atoms. The summed E-state index contributed by atoms with van der Waals surface area (Å²) >= 11 is 0. The minimum atomic E-state index is -0.951. The van der Waals surface area contributed by atoms with E-state index < -0.39 is 12.0 Å². The van der Waals surface area contributed by atoms with Crippen molar-refractivity contribution < 1.29 is 14.7 Å². The number of nitrogens with zero attached hydrogens (tertiary/aromatic N) is 2. The van der Waals surface area contributed by atoms with Gasteiger partial charge in [-0.1, -0.05) is 12.1 Å². The average Bonchev–Trinajstić information content (AvgIpc) is 2.45. The van der Waals surface area contributed by atoms with Gasteiger partial charge in [-0.15, -0.1) is 0 Å². The van der Waals surface area contributed by atoms with Gasteiger partial charge in [-0.05, 0) is 6.07 Å². The fourth-order valence-electron chi connectivity index (χ4n) is 1.33. The number of rotatable bonds is 2. The van der Waals surface area contributed by atoms with E-state index in [1.54, 1.807) is 18.2 Å². The summed E-state index contributed by atoms with van der Waals surface area (Å²) in [7, 11) is 0. The van der Waals surface area contributed by atoms with Gasteiger partial charge in [0, 0.05) is 15.5 Å². The Bertz CT molecular complexity index is 533. The first-order valence-electron chi connectivity index (χ1n) is 3.98. The highest BCUT2D eigenvalue weighted by Gasteiger charge is 2.21. The zero-order chi connectivity index (χ0) is 10.1. The first kappa shape index (κ1) is 8.55. The number of aliphatic carboxylic acids is 1. The van der Waals surface area contributed by atoms with Crippen molar-refractivity contribution in [2.75, 3.05) is 0 Å². The Morgan fingerprint density at radius 1 is 1.50 bits per heavy atom. The largest absolute Gasteiger partial charge is 0.583 e. The third-order valence-electron chi connectivity index (χ3n) is 1.86. The summed E-state index contributed by atoms with van der Waals surface area (Å²) < 4.78 is 0. The van der Waals surface area contributed by atoms with E-state index in [1.165, 1.54) is 0 Å². The van der Waals surface area contributed by atoms with Crippen LogP contribution in [0.25, 0.3) is 0 Å². The van der Waals surface area contributed by atoms with Crippen LogP contribution in [-0.2, 0) is 11.2 Å². The second kappa shape index (κ2) is 3.02. The Balaban J connectivity index is 2.62. The standard InChI is InChI=1S/C9H6N2O3/c12-7(13)4-5-2-1-3-6-8(5)11-9(14)10-6/h1-3H,4H2,(H,12,13)/q+1. The molecule has 0 saturated carbocycles.